The second-order valence-electron chi connectivity index (χ2n) is 5.91. The monoisotopic (exact) mass is 325 g/mol. The number of rotatable bonds is 4. The molecule has 2 aromatic rings. The largest absolute Gasteiger partial charge is 0.485 e. The molecule has 1 aliphatic rings. The lowest BCUT2D eigenvalue weighted by molar-refractivity contribution is 0.0772. The van der Waals surface area contributed by atoms with E-state index in [9.17, 15) is 4.79 Å². The molecule has 0 saturated carbocycles. The van der Waals surface area contributed by atoms with E-state index in [0.29, 0.717) is 24.3 Å². The number of aromatic nitrogens is 2. The van der Waals surface area contributed by atoms with Gasteiger partial charge < -0.3 is 19.5 Å². The van der Waals surface area contributed by atoms with Crippen molar-refractivity contribution in [1.29, 1.82) is 5.26 Å². The predicted octanol–water partition coefficient (Wildman–Crippen LogP) is 1.64. The van der Waals surface area contributed by atoms with Crippen LogP contribution >= 0.6 is 0 Å². The number of carbonyl (C=O) groups is 1. The van der Waals surface area contributed by atoms with Crippen LogP contribution in [-0.4, -0.2) is 54.1 Å². The van der Waals surface area contributed by atoms with Gasteiger partial charge in [0.1, 0.15) is 17.9 Å². The van der Waals surface area contributed by atoms with Gasteiger partial charge in [-0.2, -0.15) is 5.26 Å². The van der Waals surface area contributed by atoms with Crippen LogP contribution in [0.5, 0.6) is 5.75 Å². The quantitative estimate of drug-likeness (QED) is 0.923. The first kappa shape index (κ1) is 15.9. The van der Waals surface area contributed by atoms with Crippen LogP contribution in [0.2, 0.25) is 0 Å². The van der Waals surface area contributed by atoms with Gasteiger partial charge in [-0.15, -0.1) is 0 Å². The number of amides is 1. The molecule has 7 heteroatoms. The van der Waals surface area contributed by atoms with E-state index in [1.165, 1.54) is 0 Å². The molecule has 3 rings (SSSR count). The highest BCUT2D eigenvalue weighted by Crippen LogP contribution is 2.27. The van der Waals surface area contributed by atoms with Gasteiger partial charge in [0.15, 0.2) is 11.6 Å². The van der Waals surface area contributed by atoms with Crippen LogP contribution in [0, 0.1) is 11.3 Å². The highest BCUT2D eigenvalue weighted by Gasteiger charge is 2.29. The fourth-order valence-electron chi connectivity index (χ4n) is 2.76. The van der Waals surface area contributed by atoms with Gasteiger partial charge in [0.25, 0.3) is 5.91 Å². The molecule has 7 nitrogen and oxygen atoms in total. The smallest absolute Gasteiger partial charge is 0.255 e. The van der Waals surface area contributed by atoms with E-state index in [-0.39, 0.29) is 12.0 Å². The van der Waals surface area contributed by atoms with E-state index >= 15 is 0 Å². The third-order valence-corrected chi connectivity index (χ3v) is 3.95. The Morgan fingerprint density at radius 2 is 2.38 bits per heavy atom. The van der Waals surface area contributed by atoms with Crippen LogP contribution in [-0.2, 0) is 0 Å². The number of H-pyrrole nitrogens is 1. The normalized spacial score (nSPS) is 16.7. The highest BCUT2D eigenvalue weighted by atomic mass is 16.5. The molecule has 0 aliphatic carbocycles. The molecule has 1 fully saturated rings. The Hall–Kier alpha value is -3.01. The molecule has 0 unspecified atom stereocenters. The van der Waals surface area contributed by atoms with Crippen LogP contribution in [0.4, 0.5) is 5.82 Å². The topological polar surface area (TPSA) is 85.2 Å². The van der Waals surface area contributed by atoms with Gasteiger partial charge in [-0.25, -0.2) is 4.98 Å². The molecule has 0 radical (unpaired) electrons. The van der Waals surface area contributed by atoms with Crippen LogP contribution in [0.1, 0.15) is 22.5 Å². The van der Waals surface area contributed by atoms with Gasteiger partial charge >= 0.3 is 0 Å². The third-order valence-electron chi connectivity index (χ3n) is 3.95. The summed E-state index contributed by atoms with van der Waals surface area (Å²) in [6.45, 7) is 1.15. The Kier molecular flexibility index (Phi) is 4.38. The summed E-state index contributed by atoms with van der Waals surface area (Å²) < 4.78 is 6.05. The second-order valence-corrected chi connectivity index (χ2v) is 5.91. The van der Waals surface area contributed by atoms with Crippen LogP contribution in [0.25, 0.3) is 0 Å². The van der Waals surface area contributed by atoms with E-state index in [2.05, 4.69) is 9.97 Å². The molecule has 3 heterocycles. The SMILES string of the molecule is CN(C)c1ncccc1O[C@@H]1CCN(C(=O)c2c[nH]c(C#N)c2)C1. The number of anilines is 1. The molecule has 1 atom stereocenters. The molecular formula is C17H19N5O2. The number of hydrogen-bond acceptors (Lipinski definition) is 5. The van der Waals surface area contributed by atoms with Crippen LogP contribution in [0.15, 0.2) is 30.6 Å². The summed E-state index contributed by atoms with van der Waals surface area (Å²) in [5.41, 5.74) is 0.888. The van der Waals surface area contributed by atoms with Gasteiger partial charge in [0.05, 0.1) is 12.1 Å². The summed E-state index contributed by atoms with van der Waals surface area (Å²) in [7, 11) is 3.83. The minimum absolute atomic E-state index is 0.0637. The van der Waals surface area contributed by atoms with E-state index in [4.69, 9.17) is 10.00 Å². The van der Waals surface area contributed by atoms with Crippen molar-refractivity contribution in [3.63, 3.8) is 0 Å². The number of aromatic amines is 1. The van der Waals surface area contributed by atoms with Crippen molar-refractivity contribution in [2.24, 2.45) is 0 Å². The Labute approximate surface area is 140 Å². The van der Waals surface area contributed by atoms with Crippen molar-refractivity contribution in [3.8, 4) is 11.8 Å². The molecule has 0 aromatic carbocycles. The van der Waals surface area contributed by atoms with E-state index in [1.807, 2.05) is 37.2 Å². The average molecular weight is 325 g/mol. The Balaban J connectivity index is 1.66. The van der Waals surface area contributed by atoms with Gasteiger partial charge in [-0.3, -0.25) is 4.79 Å². The first-order chi connectivity index (χ1) is 11.6. The first-order valence-electron chi connectivity index (χ1n) is 7.75. The van der Waals surface area contributed by atoms with Crippen molar-refractivity contribution < 1.29 is 9.53 Å². The second kappa shape index (κ2) is 6.62. The number of nitrogens with zero attached hydrogens (tertiary/aromatic N) is 4. The lowest BCUT2D eigenvalue weighted by Crippen LogP contribution is -2.30. The standard InChI is InChI=1S/C17H19N5O2/c1-21(2)16-15(4-3-6-19-16)24-14-5-7-22(11-14)17(23)12-8-13(9-18)20-10-12/h3-4,6,8,10,14,20H,5,7,11H2,1-2H3/t14-/m1/s1. The zero-order valence-corrected chi connectivity index (χ0v) is 13.7. The minimum atomic E-state index is -0.0853. The summed E-state index contributed by atoms with van der Waals surface area (Å²) in [5.74, 6) is 1.40. The van der Waals surface area contributed by atoms with Crippen molar-refractivity contribution >= 4 is 11.7 Å². The average Bonchev–Trinajstić information content (AvgIpc) is 3.23. The van der Waals surface area contributed by atoms with Gasteiger partial charge in [-0.05, 0) is 18.2 Å². The zero-order chi connectivity index (χ0) is 17.1. The van der Waals surface area contributed by atoms with Crippen LogP contribution < -0.4 is 9.64 Å². The molecule has 2 aromatic heterocycles. The summed E-state index contributed by atoms with van der Waals surface area (Å²) >= 11 is 0. The molecule has 1 N–H and O–H groups in total. The maximum absolute atomic E-state index is 12.5. The van der Waals surface area contributed by atoms with E-state index < -0.39 is 0 Å². The van der Waals surface area contributed by atoms with Gasteiger partial charge in [0, 0.05) is 39.5 Å². The number of nitrogens with one attached hydrogen (secondary N) is 1. The molecule has 0 spiro atoms. The maximum Gasteiger partial charge on any atom is 0.255 e. The van der Waals surface area contributed by atoms with Gasteiger partial charge in [0.2, 0.25) is 0 Å². The van der Waals surface area contributed by atoms with Crippen molar-refractivity contribution in [2.45, 2.75) is 12.5 Å². The number of nitriles is 1. The predicted molar refractivity (Wildman–Crippen MR) is 89.0 cm³/mol. The third kappa shape index (κ3) is 3.18. The molecule has 1 aliphatic heterocycles. The molecular weight excluding hydrogens is 306 g/mol. The van der Waals surface area contributed by atoms with Crippen LogP contribution in [0.3, 0.4) is 0 Å². The molecule has 0 bridgehead atoms. The zero-order valence-electron chi connectivity index (χ0n) is 13.7. The summed E-state index contributed by atoms with van der Waals surface area (Å²) in [6.07, 6.45) is 4.00. The minimum Gasteiger partial charge on any atom is -0.485 e. The Bertz CT molecular complexity index is 777. The number of carbonyl (C=O) groups excluding carboxylic acids is 1. The lowest BCUT2D eigenvalue weighted by Gasteiger charge is -2.20. The molecule has 24 heavy (non-hydrogen) atoms. The van der Waals surface area contributed by atoms with E-state index in [0.717, 1.165) is 18.0 Å². The lowest BCUT2D eigenvalue weighted by atomic mass is 10.3. The molecule has 1 amide bonds. The first-order valence-corrected chi connectivity index (χ1v) is 7.75. The van der Waals surface area contributed by atoms with Crippen molar-refractivity contribution in [2.75, 3.05) is 32.1 Å². The summed E-state index contributed by atoms with van der Waals surface area (Å²) in [6, 6.07) is 7.28. The number of ether oxygens (including phenoxy) is 1. The number of hydrogen-bond donors (Lipinski definition) is 1. The molecule has 1 saturated heterocycles. The Morgan fingerprint density at radius 3 is 3.08 bits per heavy atom. The highest BCUT2D eigenvalue weighted by molar-refractivity contribution is 5.94. The number of pyridine rings is 1. The van der Waals surface area contributed by atoms with Crippen molar-refractivity contribution in [1.82, 2.24) is 14.9 Å². The number of likely N-dealkylation sites (tertiary alicyclic amines) is 1. The molecule has 124 valence electrons. The van der Waals surface area contributed by atoms with Crippen molar-refractivity contribution in [3.05, 3.63) is 41.9 Å². The van der Waals surface area contributed by atoms with E-state index in [1.54, 1.807) is 23.4 Å². The van der Waals surface area contributed by atoms with Gasteiger partial charge in [-0.1, -0.05) is 0 Å². The summed E-state index contributed by atoms with van der Waals surface area (Å²) in [4.78, 5) is 23.2. The maximum atomic E-state index is 12.5. The fraction of sp³-hybridized carbons (Fsp3) is 0.353. The summed E-state index contributed by atoms with van der Waals surface area (Å²) in [5, 5.41) is 8.84. The Morgan fingerprint density at radius 1 is 1.54 bits per heavy atom. The fourth-order valence-corrected chi connectivity index (χ4v) is 2.76.